The Morgan fingerprint density at radius 2 is 1.54 bits per heavy atom. The van der Waals surface area contributed by atoms with Crippen molar-refractivity contribution >= 4 is 5.57 Å². The summed E-state index contributed by atoms with van der Waals surface area (Å²) in [4.78, 5) is 2.14. The molecule has 13 heavy (non-hydrogen) atoms. The third kappa shape index (κ3) is 2.35. The van der Waals surface area contributed by atoms with E-state index in [0.29, 0.717) is 0 Å². The van der Waals surface area contributed by atoms with Gasteiger partial charge in [0.15, 0.2) is 0 Å². The van der Waals surface area contributed by atoms with Crippen LogP contribution in [0.1, 0.15) is 19.4 Å². The highest BCUT2D eigenvalue weighted by molar-refractivity contribution is 5.65. The minimum Gasteiger partial charge on any atom is -0.381 e. The molecule has 0 radical (unpaired) electrons. The first-order valence-electron chi connectivity index (χ1n) is 4.53. The van der Waals surface area contributed by atoms with E-state index in [0.717, 1.165) is 0 Å². The van der Waals surface area contributed by atoms with Crippen LogP contribution in [0.15, 0.2) is 36.0 Å². The Labute approximate surface area is 80.7 Å². The number of benzene rings is 1. The number of nitrogens with zero attached hydrogens (tertiary/aromatic N) is 1. The van der Waals surface area contributed by atoms with Crippen molar-refractivity contribution in [1.82, 2.24) is 4.90 Å². The van der Waals surface area contributed by atoms with Crippen LogP contribution in [0.3, 0.4) is 0 Å². The summed E-state index contributed by atoms with van der Waals surface area (Å²) < 4.78 is 0. The molecule has 1 aromatic rings. The van der Waals surface area contributed by atoms with Crippen LogP contribution in [-0.4, -0.2) is 19.0 Å². The molecule has 1 rings (SSSR count). The Bertz CT molecular complexity index is 296. The fourth-order valence-corrected chi connectivity index (χ4v) is 1.23. The van der Waals surface area contributed by atoms with Crippen LogP contribution in [0.25, 0.3) is 5.57 Å². The minimum absolute atomic E-state index is 1.30. The van der Waals surface area contributed by atoms with E-state index in [1.807, 2.05) is 6.07 Å². The molecule has 70 valence electrons. The topological polar surface area (TPSA) is 3.24 Å². The zero-order valence-electron chi connectivity index (χ0n) is 8.83. The maximum Gasteiger partial charge on any atom is 0.0132 e. The monoisotopic (exact) mass is 175 g/mol. The van der Waals surface area contributed by atoms with E-state index in [9.17, 15) is 0 Å². The molecule has 0 saturated carbocycles. The molecular formula is C12H17N. The molecule has 0 fully saturated rings. The van der Waals surface area contributed by atoms with Gasteiger partial charge in [-0.1, -0.05) is 30.3 Å². The molecule has 0 atom stereocenters. The third-order valence-electron chi connectivity index (χ3n) is 2.42. The van der Waals surface area contributed by atoms with Gasteiger partial charge in [0.25, 0.3) is 0 Å². The largest absolute Gasteiger partial charge is 0.381 e. The molecule has 1 nitrogen and oxygen atoms in total. The summed E-state index contributed by atoms with van der Waals surface area (Å²) in [5.74, 6) is 0. The Morgan fingerprint density at radius 3 is 2.00 bits per heavy atom. The highest BCUT2D eigenvalue weighted by Crippen LogP contribution is 2.18. The summed E-state index contributed by atoms with van der Waals surface area (Å²) in [7, 11) is 4.14. The van der Waals surface area contributed by atoms with E-state index < -0.39 is 0 Å². The molecular weight excluding hydrogens is 158 g/mol. The van der Waals surface area contributed by atoms with Crippen molar-refractivity contribution in [3.63, 3.8) is 0 Å². The molecule has 0 aromatic heterocycles. The summed E-state index contributed by atoms with van der Waals surface area (Å²) in [6.07, 6.45) is 0. The highest BCUT2D eigenvalue weighted by Gasteiger charge is 2.00. The average molecular weight is 175 g/mol. The predicted molar refractivity (Wildman–Crippen MR) is 58.4 cm³/mol. The summed E-state index contributed by atoms with van der Waals surface area (Å²) in [6, 6.07) is 10.5. The molecule has 1 aromatic carbocycles. The molecule has 0 spiro atoms. The van der Waals surface area contributed by atoms with E-state index in [1.54, 1.807) is 0 Å². The van der Waals surface area contributed by atoms with Gasteiger partial charge in [0, 0.05) is 19.8 Å². The maximum absolute atomic E-state index is 2.16. The number of hydrogen-bond donors (Lipinski definition) is 0. The second kappa shape index (κ2) is 4.13. The SMILES string of the molecule is CC(=C(C)N(C)C)c1ccccc1. The van der Waals surface area contributed by atoms with Crippen molar-refractivity contribution in [2.75, 3.05) is 14.1 Å². The fraction of sp³-hybridized carbons (Fsp3) is 0.333. The second-order valence-electron chi connectivity index (χ2n) is 3.47. The van der Waals surface area contributed by atoms with Gasteiger partial charge in [-0.3, -0.25) is 0 Å². The molecule has 0 heterocycles. The van der Waals surface area contributed by atoms with Crippen LogP contribution < -0.4 is 0 Å². The van der Waals surface area contributed by atoms with Gasteiger partial charge in [-0.2, -0.15) is 0 Å². The molecule has 0 unspecified atom stereocenters. The van der Waals surface area contributed by atoms with E-state index >= 15 is 0 Å². The number of allylic oxidation sites excluding steroid dienone is 2. The molecule has 0 saturated heterocycles. The molecule has 0 aliphatic rings. The van der Waals surface area contributed by atoms with Crippen molar-refractivity contribution in [3.05, 3.63) is 41.6 Å². The van der Waals surface area contributed by atoms with Crippen molar-refractivity contribution in [2.24, 2.45) is 0 Å². The zero-order chi connectivity index (χ0) is 9.84. The van der Waals surface area contributed by atoms with Gasteiger partial charge in [0.1, 0.15) is 0 Å². The Balaban J connectivity index is 3.03. The highest BCUT2D eigenvalue weighted by atomic mass is 15.1. The fourth-order valence-electron chi connectivity index (χ4n) is 1.23. The Morgan fingerprint density at radius 1 is 1.00 bits per heavy atom. The van der Waals surface area contributed by atoms with Crippen molar-refractivity contribution in [2.45, 2.75) is 13.8 Å². The first-order chi connectivity index (χ1) is 6.13. The standard InChI is InChI=1S/C12H17N/c1-10(11(2)13(3)4)12-8-6-5-7-9-12/h5-9H,1-4H3. The van der Waals surface area contributed by atoms with E-state index in [-0.39, 0.29) is 0 Å². The molecule has 0 N–H and O–H groups in total. The smallest absolute Gasteiger partial charge is 0.0132 e. The molecule has 0 aliphatic heterocycles. The van der Waals surface area contributed by atoms with Crippen LogP contribution >= 0.6 is 0 Å². The lowest BCUT2D eigenvalue weighted by Gasteiger charge is -2.16. The maximum atomic E-state index is 2.16. The van der Waals surface area contributed by atoms with E-state index in [4.69, 9.17) is 0 Å². The van der Waals surface area contributed by atoms with Crippen LogP contribution in [0, 0.1) is 0 Å². The lowest BCUT2D eigenvalue weighted by molar-refractivity contribution is 0.516. The van der Waals surface area contributed by atoms with Gasteiger partial charge in [-0.05, 0) is 25.0 Å². The first-order valence-corrected chi connectivity index (χ1v) is 4.53. The molecule has 0 aliphatic carbocycles. The van der Waals surface area contributed by atoms with Gasteiger partial charge in [0.2, 0.25) is 0 Å². The summed E-state index contributed by atoms with van der Waals surface area (Å²) in [6.45, 7) is 4.30. The normalized spacial score (nSPS) is 12.3. The number of hydrogen-bond acceptors (Lipinski definition) is 1. The zero-order valence-corrected chi connectivity index (χ0v) is 8.83. The van der Waals surface area contributed by atoms with Gasteiger partial charge in [-0.15, -0.1) is 0 Å². The Kier molecular flexibility index (Phi) is 3.13. The van der Waals surface area contributed by atoms with Crippen molar-refractivity contribution < 1.29 is 0 Å². The average Bonchev–Trinajstić information content (AvgIpc) is 2.17. The molecule has 0 bridgehead atoms. The predicted octanol–water partition coefficient (Wildman–Crippen LogP) is 3.00. The first kappa shape index (κ1) is 9.85. The number of rotatable bonds is 2. The van der Waals surface area contributed by atoms with Crippen molar-refractivity contribution in [1.29, 1.82) is 0 Å². The molecule has 1 heteroatoms. The third-order valence-corrected chi connectivity index (χ3v) is 2.42. The lowest BCUT2D eigenvalue weighted by Crippen LogP contribution is -2.09. The van der Waals surface area contributed by atoms with Gasteiger partial charge in [0.05, 0.1) is 0 Å². The van der Waals surface area contributed by atoms with Crippen LogP contribution in [-0.2, 0) is 0 Å². The lowest BCUT2D eigenvalue weighted by atomic mass is 10.1. The van der Waals surface area contributed by atoms with Crippen LogP contribution in [0.2, 0.25) is 0 Å². The van der Waals surface area contributed by atoms with Gasteiger partial charge >= 0.3 is 0 Å². The molecule has 0 amide bonds. The Hall–Kier alpha value is -1.24. The summed E-state index contributed by atoms with van der Waals surface area (Å²) in [5.41, 5.74) is 3.95. The van der Waals surface area contributed by atoms with E-state index in [2.05, 4.69) is 57.1 Å². The van der Waals surface area contributed by atoms with Crippen LogP contribution in [0.5, 0.6) is 0 Å². The minimum atomic E-state index is 1.30. The summed E-state index contributed by atoms with van der Waals surface area (Å²) in [5, 5.41) is 0. The quantitative estimate of drug-likeness (QED) is 0.668. The van der Waals surface area contributed by atoms with Crippen LogP contribution in [0.4, 0.5) is 0 Å². The van der Waals surface area contributed by atoms with Gasteiger partial charge in [-0.25, -0.2) is 0 Å². The van der Waals surface area contributed by atoms with E-state index in [1.165, 1.54) is 16.8 Å². The van der Waals surface area contributed by atoms with Gasteiger partial charge < -0.3 is 4.90 Å². The summed E-state index contributed by atoms with van der Waals surface area (Å²) >= 11 is 0. The van der Waals surface area contributed by atoms with Crippen molar-refractivity contribution in [3.8, 4) is 0 Å². The second-order valence-corrected chi connectivity index (χ2v) is 3.47.